The molecule has 0 amide bonds. The van der Waals surface area contributed by atoms with Gasteiger partial charge in [0.2, 0.25) is 0 Å². The second-order valence-corrected chi connectivity index (χ2v) is 5.25. The summed E-state index contributed by atoms with van der Waals surface area (Å²) in [6.07, 6.45) is 2.60. The highest BCUT2D eigenvalue weighted by Gasteiger charge is 2.19. The minimum atomic E-state index is 0.0166. The topological polar surface area (TPSA) is 12.5 Å². The number of hydrogen-bond donors (Lipinski definition) is 0. The molecule has 1 aliphatic rings. The molecule has 0 radical (unpaired) electrons. The van der Waals surface area contributed by atoms with Gasteiger partial charge in [0.1, 0.15) is 5.75 Å². The van der Waals surface area contributed by atoms with Crippen molar-refractivity contribution in [2.24, 2.45) is 0 Å². The molecule has 94 valence electrons. The molecule has 0 N–H and O–H groups in total. The summed E-state index contributed by atoms with van der Waals surface area (Å²) in [5.74, 6) is 0.898. The van der Waals surface area contributed by atoms with Gasteiger partial charge in [-0.3, -0.25) is 0 Å². The Kier molecular flexibility index (Phi) is 4.30. The van der Waals surface area contributed by atoms with Crippen molar-refractivity contribution in [3.05, 3.63) is 29.3 Å². The van der Waals surface area contributed by atoms with Gasteiger partial charge in [-0.2, -0.15) is 0 Å². The SMILES string of the molecule is COc1ccc(C)cc1C(Cl)CN1CCCC1. The molecule has 0 spiro atoms. The van der Waals surface area contributed by atoms with E-state index in [-0.39, 0.29) is 5.38 Å². The molecule has 0 bridgehead atoms. The molecule has 1 aromatic rings. The Balaban J connectivity index is 2.11. The number of aryl methyl sites for hydroxylation is 1. The summed E-state index contributed by atoms with van der Waals surface area (Å²) in [7, 11) is 1.70. The number of alkyl halides is 1. The van der Waals surface area contributed by atoms with Gasteiger partial charge < -0.3 is 9.64 Å². The van der Waals surface area contributed by atoms with Gasteiger partial charge in [-0.05, 0) is 38.9 Å². The van der Waals surface area contributed by atoms with Gasteiger partial charge in [-0.25, -0.2) is 0 Å². The summed E-state index contributed by atoms with van der Waals surface area (Å²) >= 11 is 6.52. The highest BCUT2D eigenvalue weighted by atomic mass is 35.5. The normalized spacial score (nSPS) is 18.3. The zero-order valence-electron chi connectivity index (χ0n) is 10.6. The van der Waals surface area contributed by atoms with E-state index < -0.39 is 0 Å². The van der Waals surface area contributed by atoms with Crippen molar-refractivity contribution in [2.75, 3.05) is 26.7 Å². The number of ether oxygens (including phenoxy) is 1. The lowest BCUT2D eigenvalue weighted by Crippen LogP contribution is -2.23. The summed E-state index contributed by atoms with van der Waals surface area (Å²) < 4.78 is 5.38. The van der Waals surface area contributed by atoms with Gasteiger partial charge in [-0.1, -0.05) is 17.7 Å². The van der Waals surface area contributed by atoms with Crippen molar-refractivity contribution < 1.29 is 4.74 Å². The molecule has 1 aliphatic heterocycles. The summed E-state index contributed by atoms with van der Waals surface area (Å²) in [6.45, 7) is 5.36. The minimum Gasteiger partial charge on any atom is -0.496 e. The summed E-state index contributed by atoms with van der Waals surface area (Å²) in [4.78, 5) is 2.43. The lowest BCUT2D eigenvalue weighted by Gasteiger charge is -2.20. The van der Waals surface area contributed by atoms with E-state index in [0.717, 1.165) is 17.9 Å². The van der Waals surface area contributed by atoms with Gasteiger partial charge in [0.15, 0.2) is 0 Å². The van der Waals surface area contributed by atoms with Crippen LogP contribution in [0.4, 0.5) is 0 Å². The van der Waals surface area contributed by atoms with Crippen LogP contribution in [-0.4, -0.2) is 31.6 Å². The van der Waals surface area contributed by atoms with E-state index in [1.54, 1.807) is 7.11 Å². The molecule has 2 nitrogen and oxygen atoms in total. The summed E-state index contributed by atoms with van der Waals surface area (Å²) in [6, 6.07) is 6.19. The largest absolute Gasteiger partial charge is 0.496 e. The average Bonchev–Trinajstić information content (AvgIpc) is 2.81. The zero-order valence-corrected chi connectivity index (χ0v) is 11.3. The van der Waals surface area contributed by atoms with Crippen molar-refractivity contribution in [3.63, 3.8) is 0 Å². The van der Waals surface area contributed by atoms with Crippen molar-refractivity contribution in [1.29, 1.82) is 0 Å². The highest BCUT2D eigenvalue weighted by molar-refractivity contribution is 6.21. The maximum absolute atomic E-state index is 6.52. The highest BCUT2D eigenvalue weighted by Crippen LogP contribution is 2.31. The molecule has 17 heavy (non-hydrogen) atoms. The van der Waals surface area contributed by atoms with E-state index in [1.807, 2.05) is 6.07 Å². The third-order valence-electron chi connectivity index (χ3n) is 3.34. The molecule has 1 aromatic carbocycles. The lowest BCUT2D eigenvalue weighted by molar-refractivity contribution is 0.335. The predicted molar refractivity (Wildman–Crippen MR) is 72.0 cm³/mol. The quantitative estimate of drug-likeness (QED) is 0.763. The first-order valence-electron chi connectivity index (χ1n) is 6.21. The smallest absolute Gasteiger partial charge is 0.123 e. The minimum absolute atomic E-state index is 0.0166. The molecule has 1 unspecified atom stereocenters. The Bertz CT molecular complexity index is 374. The second kappa shape index (κ2) is 5.74. The first-order valence-corrected chi connectivity index (χ1v) is 6.65. The fourth-order valence-corrected chi connectivity index (χ4v) is 2.75. The Morgan fingerprint density at radius 3 is 2.71 bits per heavy atom. The number of halogens is 1. The monoisotopic (exact) mass is 253 g/mol. The molecule has 0 saturated carbocycles. The van der Waals surface area contributed by atoms with Gasteiger partial charge >= 0.3 is 0 Å². The number of nitrogens with zero attached hydrogens (tertiary/aromatic N) is 1. The van der Waals surface area contributed by atoms with Crippen LogP contribution in [0.25, 0.3) is 0 Å². The Hall–Kier alpha value is -0.730. The van der Waals surface area contributed by atoms with E-state index in [0.29, 0.717) is 0 Å². The van der Waals surface area contributed by atoms with Crippen molar-refractivity contribution >= 4 is 11.6 Å². The number of hydrogen-bond acceptors (Lipinski definition) is 2. The first kappa shape index (κ1) is 12.7. The number of methoxy groups -OCH3 is 1. The predicted octanol–water partition coefficient (Wildman–Crippen LogP) is 3.38. The Labute approximate surface area is 109 Å². The van der Waals surface area contributed by atoms with Crippen LogP contribution in [0.15, 0.2) is 18.2 Å². The van der Waals surface area contributed by atoms with Crippen LogP contribution in [0.5, 0.6) is 5.75 Å². The van der Waals surface area contributed by atoms with Crippen LogP contribution >= 0.6 is 11.6 Å². The van der Waals surface area contributed by atoms with E-state index in [2.05, 4.69) is 24.0 Å². The number of benzene rings is 1. The van der Waals surface area contributed by atoms with Crippen LogP contribution in [-0.2, 0) is 0 Å². The molecule has 1 heterocycles. The van der Waals surface area contributed by atoms with Crippen molar-refractivity contribution in [3.8, 4) is 5.75 Å². The molecule has 1 atom stereocenters. The molecular weight excluding hydrogens is 234 g/mol. The first-order chi connectivity index (χ1) is 8.20. The molecule has 2 rings (SSSR count). The van der Waals surface area contributed by atoms with Crippen LogP contribution in [0.1, 0.15) is 29.3 Å². The van der Waals surface area contributed by atoms with Crippen LogP contribution < -0.4 is 4.74 Å². The average molecular weight is 254 g/mol. The zero-order chi connectivity index (χ0) is 12.3. The van der Waals surface area contributed by atoms with Crippen LogP contribution in [0.3, 0.4) is 0 Å². The fraction of sp³-hybridized carbons (Fsp3) is 0.571. The molecule has 1 fully saturated rings. The molecule has 1 saturated heterocycles. The Morgan fingerprint density at radius 1 is 1.35 bits per heavy atom. The van der Waals surface area contributed by atoms with Gasteiger partial charge in [-0.15, -0.1) is 11.6 Å². The second-order valence-electron chi connectivity index (χ2n) is 4.72. The van der Waals surface area contributed by atoms with E-state index in [1.165, 1.54) is 31.5 Å². The number of rotatable bonds is 4. The van der Waals surface area contributed by atoms with Crippen LogP contribution in [0.2, 0.25) is 0 Å². The fourth-order valence-electron chi connectivity index (χ4n) is 2.39. The molecular formula is C14H20ClNO. The Morgan fingerprint density at radius 2 is 2.06 bits per heavy atom. The maximum Gasteiger partial charge on any atom is 0.123 e. The standard InChI is InChI=1S/C14H20ClNO/c1-11-5-6-14(17-2)12(9-11)13(15)10-16-7-3-4-8-16/h5-6,9,13H,3-4,7-8,10H2,1-2H3. The third-order valence-corrected chi connectivity index (χ3v) is 3.71. The van der Waals surface area contributed by atoms with E-state index in [4.69, 9.17) is 16.3 Å². The van der Waals surface area contributed by atoms with E-state index >= 15 is 0 Å². The number of likely N-dealkylation sites (tertiary alicyclic amines) is 1. The van der Waals surface area contributed by atoms with Crippen LogP contribution in [0, 0.1) is 6.92 Å². The summed E-state index contributed by atoms with van der Waals surface area (Å²) in [5.41, 5.74) is 2.34. The molecule has 3 heteroatoms. The maximum atomic E-state index is 6.52. The summed E-state index contributed by atoms with van der Waals surface area (Å²) in [5, 5.41) is 0.0166. The van der Waals surface area contributed by atoms with Gasteiger partial charge in [0, 0.05) is 12.1 Å². The van der Waals surface area contributed by atoms with Gasteiger partial charge in [0.05, 0.1) is 12.5 Å². The van der Waals surface area contributed by atoms with Crippen molar-refractivity contribution in [1.82, 2.24) is 4.90 Å². The molecule has 0 aromatic heterocycles. The molecule has 0 aliphatic carbocycles. The lowest BCUT2D eigenvalue weighted by atomic mass is 10.1. The third kappa shape index (κ3) is 3.14. The van der Waals surface area contributed by atoms with Crippen molar-refractivity contribution in [2.45, 2.75) is 25.1 Å². The van der Waals surface area contributed by atoms with E-state index in [9.17, 15) is 0 Å². The van der Waals surface area contributed by atoms with Gasteiger partial charge in [0.25, 0.3) is 0 Å².